The Hall–Kier alpha value is -2.82. The van der Waals surface area contributed by atoms with Crippen LogP contribution < -0.4 is 10.6 Å². The number of nitrogens with zero attached hydrogens (tertiary/aromatic N) is 2. The second kappa shape index (κ2) is 9.99. The van der Waals surface area contributed by atoms with Gasteiger partial charge in [-0.05, 0) is 24.6 Å². The van der Waals surface area contributed by atoms with Gasteiger partial charge in [0.25, 0.3) is 0 Å². The van der Waals surface area contributed by atoms with E-state index in [0.29, 0.717) is 6.54 Å². The van der Waals surface area contributed by atoms with Gasteiger partial charge in [-0.15, -0.1) is 0 Å². The van der Waals surface area contributed by atoms with Crippen LogP contribution in [0.15, 0.2) is 59.5 Å². The number of urea groups is 1. The van der Waals surface area contributed by atoms with Gasteiger partial charge in [0.05, 0.1) is 6.04 Å². The summed E-state index contributed by atoms with van der Waals surface area (Å²) in [7, 11) is -3.95. The van der Waals surface area contributed by atoms with Crippen LogP contribution in [0.4, 0.5) is 9.18 Å². The van der Waals surface area contributed by atoms with E-state index in [0.717, 1.165) is 11.6 Å². The van der Waals surface area contributed by atoms with Crippen molar-refractivity contribution in [2.24, 2.45) is 0 Å². The summed E-state index contributed by atoms with van der Waals surface area (Å²) in [6.07, 6.45) is 0. The molecule has 1 fully saturated rings. The molecule has 0 bridgehead atoms. The van der Waals surface area contributed by atoms with Crippen molar-refractivity contribution in [2.45, 2.75) is 24.4 Å². The number of amides is 3. The van der Waals surface area contributed by atoms with E-state index in [9.17, 15) is 22.4 Å². The molecule has 166 valence electrons. The van der Waals surface area contributed by atoms with Gasteiger partial charge in [0, 0.05) is 32.7 Å². The third-order valence-electron chi connectivity index (χ3n) is 5.19. The third kappa shape index (κ3) is 5.66. The predicted octanol–water partition coefficient (Wildman–Crippen LogP) is 1.55. The number of carbonyl (C=O) groups is 2. The van der Waals surface area contributed by atoms with Gasteiger partial charge in [-0.2, -0.15) is 4.31 Å². The molecule has 31 heavy (non-hydrogen) atoms. The summed E-state index contributed by atoms with van der Waals surface area (Å²) in [5, 5.41) is 4.94. The molecule has 1 atom stereocenters. The molecule has 0 aliphatic carbocycles. The normalized spacial score (nSPS) is 16.5. The fourth-order valence-corrected chi connectivity index (χ4v) is 4.82. The van der Waals surface area contributed by atoms with Crippen LogP contribution in [0.25, 0.3) is 0 Å². The van der Waals surface area contributed by atoms with Crippen molar-refractivity contribution in [3.8, 4) is 0 Å². The quantitative estimate of drug-likeness (QED) is 0.699. The highest BCUT2D eigenvalue weighted by Gasteiger charge is 2.33. The van der Waals surface area contributed by atoms with Crippen LogP contribution in [-0.4, -0.2) is 61.8 Å². The number of nitrogens with one attached hydrogen (secondary N) is 2. The lowest BCUT2D eigenvalue weighted by Gasteiger charge is -2.36. The summed E-state index contributed by atoms with van der Waals surface area (Å²) in [6.45, 7) is 2.76. The number of piperazine rings is 1. The third-order valence-corrected chi connectivity index (χ3v) is 7.12. The molecule has 0 aromatic heterocycles. The van der Waals surface area contributed by atoms with Crippen LogP contribution >= 0.6 is 0 Å². The van der Waals surface area contributed by atoms with Gasteiger partial charge >= 0.3 is 6.03 Å². The number of imide groups is 1. The highest BCUT2D eigenvalue weighted by atomic mass is 32.2. The SMILES string of the molecule is CC(C(=O)NC(=O)NCc1ccccc1)N1CCN(S(=O)(=O)c2ccccc2F)CC1. The van der Waals surface area contributed by atoms with Crippen LogP contribution in [0.5, 0.6) is 0 Å². The number of hydrogen-bond donors (Lipinski definition) is 2. The summed E-state index contributed by atoms with van der Waals surface area (Å²) < 4.78 is 40.5. The van der Waals surface area contributed by atoms with Gasteiger partial charge in [0.2, 0.25) is 15.9 Å². The van der Waals surface area contributed by atoms with E-state index in [2.05, 4.69) is 10.6 Å². The number of rotatable bonds is 6. The summed E-state index contributed by atoms with van der Waals surface area (Å²) in [4.78, 5) is 25.8. The minimum absolute atomic E-state index is 0.120. The molecule has 1 saturated heterocycles. The van der Waals surface area contributed by atoms with Crippen molar-refractivity contribution in [3.63, 3.8) is 0 Å². The summed E-state index contributed by atoms with van der Waals surface area (Å²) >= 11 is 0. The first-order valence-electron chi connectivity index (χ1n) is 9.90. The van der Waals surface area contributed by atoms with Crippen LogP contribution in [0, 0.1) is 5.82 Å². The van der Waals surface area contributed by atoms with Crippen molar-refractivity contribution in [2.75, 3.05) is 26.2 Å². The van der Waals surface area contributed by atoms with Crippen LogP contribution in [0.3, 0.4) is 0 Å². The van der Waals surface area contributed by atoms with Crippen LogP contribution in [-0.2, 0) is 21.4 Å². The van der Waals surface area contributed by atoms with Gasteiger partial charge in [-0.1, -0.05) is 42.5 Å². The van der Waals surface area contributed by atoms with Gasteiger partial charge in [0.15, 0.2) is 0 Å². The predicted molar refractivity (Wildman–Crippen MR) is 113 cm³/mol. The number of halogens is 1. The Labute approximate surface area is 181 Å². The lowest BCUT2D eigenvalue weighted by Crippen LogP contribution is -2.56. The Morgan fingerprint density at radius 1 is 1.00 bits per heavy atom. The van der Waals surface area contributed by atoms with Gasteiger partial charge in [0.1, 0.15) is 10.7 Å². The maximum atomic E-state index is 13.9. The van der Waals surface area contributed by atoms with E-state index >= 15 is 0 Å². The Bertz CT molecular complexity index is 1020. The molecule has 1 aliphatic heterocycles. The second-order valence-electron chi connectivity index (χ2n) is 7.20. The molecule has 2 aromatic rings. The molecule has 2 N–H and O–H groups in total. The number of sulfonamides is 1. The first kappa shape index (κ1) is 22.9. The van der Waals surface area contributed by atoms with E-state index in [1.807, 2.05) is 30.3 Å². The van der Waals surface area contributed by atoms with Crippen molar-refractivity contribution in [1.29, 1.82) is 0 Å². The van der Waals surface area contributed by atoms with Crippen molar-refractivity contribution >= 4 is 22.0 Å². The zero-order chi connectivity index (χ0) is 22.4. The largest absolute Gasteiger partial charge is 0.334 e. The van der Waals surface area contributed by atoms with Crippen molar-refractivity contribution in [1.82, 2.24) is 19.8 Å². The first-order valence-corrected chi connectivity index (χ1v) is 11.3. The maximum Gasteiger partial charge on any atom is 0.321 e. The minimum atomic E-state index is -3.95. The molecular formula is C21H25FN4O4S. The number of hydrogen-bond acceptors (Lipinski definition) is 5. The summed E-state index contributed by atoms with van der Waals surface area (Å²) in [5.74, 6) is -1.27. The van der Waals surface area contributed by atoms with Gasteiger partial charge in [-0.3, -0.25) is 15.0 Å². The Morgan fingerprint density at radius 3 is 2.26 bits per heavy atom. The van der Waals surface area contributed by atoms with Crippen LogP contribution in [0.2, 0.25) is 0 Å². The average molecular weight is 449 g/mol. The molecule has 8 nitrogen and oxygen atoms in total. The molecule has 1 aliphatic rings. The molecule has 3 rings (SSSR count). The summed E-state index contributed by atoms with van der Waals surface area (Å²) in [5.41, 5.74) is 0.908. The lowest BCUT2D eigenvalue weighted by molar-refractivity contribution is -0.125. The summed E-state index contributed by atoms with van der Waals surface area (Å²) in [6, 6.07) is 13.3. The molecular weight excluding hydrogens is 423 g/mol. The first-order chi connectivity index (χ1) is 14.8. The van der Waals surface area contributed by atoms with E-state index < -0.39 is 33.8 Å². The minimum Gasteiger partial charge on any atom is -0.334 e. The smallest absolute Gasteiger partial charge is 0.321 e. The van der Waals surface area contributed by atoms with Crippen molar-refractivity contribution < 1.29 is 22.4 Å². The standard InChI is InChI=1S/C21H25FN4O4S/c1-16(20(27)24-21(28)23-15-17-7-3-2-4-8-17)25-11-13-26(14-12-25)31(29,30)19-10-6-5-9-18(19)22/h2-10,16H,11-15H2,1H3,(H2,23,24,27,28). The maximum absolute atomic E-state index is 13.9. The molecule has 3 amide bonds. The fourth-order valence-electron chi connectivity index (χ4n) is 3.33. The average Bonchev–Trinajstić information content (AvgIpc) is 2.78. The zero-order valence-electron chi connectivity index (χ0n) is 17.1. The van der Waals surface area contributed by atoms with E-state index in [1.165, 1.54) is 22.5 Å². The molecule has 0 radical (unpaired) electrons. The highest BCUT2D eigenvalue weighted by molar-refractivity contribution is 7.89. The molecule has 0 saturated carbocycles. The molecule has 2 aromatic carbocycles. The Kier molecular flexibility index (Phi) is 7.37. The van der Waals surface area contributed by atoms with E-state index in [1.54, 1.807) is 11.8 Å². The van der Waals surface area contributed by atoms with Crippen molar-refractivity contribution in [3.05, 3.63) is 66.0 Å². The monoisotopic (exact) mass is 448 g/mol. The fraction of sp³-hybridized carbons (Fsp3) is 0.333. The zero-order valence-corrected chi connectivity index (χ0v) is 17.9. The number of benzene rings is 2. The van der Waals surface area contributed by atoms with E-state index in [-0.39, 0.29) is 31.1 Å². The number of carbonyl (C=O) groups excluding carboxylic acids is 2. The molecule has 10 heteroatoms. The second-order valence-corrected chi connectivity index (χ2v) is 9.11. The van der Waals surface area contributed by atoms with Gasteiger partial charge < -0.3 is 5.32 Å². The topological polar surface area (TPSA) is 98.8 Å². The molecule has 1 unspecified atom stereocenters. The van der Waals surface area contributed by atoms with E-state index in [4.69, 9.17) is 0 Å². The van der Waals surface area contributed by atoms with Crippen LogP contribution in [0.1, 0.15) is 12.5 Å². The Balaban J connectivity index is 1.50. The van der Waals surface area contributed by atoms with Gasteiger partial charge in [-0.25, -0.2) is 17.6 Å². The Morgan fingerprint density at radius 2 is 1.61 bits per heavy atom. The lowest BCUT2D eigenvalue weighted by atomic mass is 10.2. The molecule has 1 heterocycles. The molecule has 0 spiro atoms. The highest BCUT2D eigenvalue weighted by Crippen LogP contribution is 2.21.